The maximum atomic E-state index is 11.7. The van der Waals surface area contributed by atoms with E-state index in [1.165, 1.54) is 12.4 Å². The summed E-state index contributed by atoms with van der Waals surface area (Å²) in [4.78, 5) is 38.5. The van der Waals surface area contributed by atoms with E-state index >= 15 is 0 Å². The standard InChI is InChI=1S/C13H13N7O2/c1-14-8-11(21)19-2-4-20(5-3-19)13-15-6-9-10(17-13)7-16-18-12(9)22/h6-7H,2-5,8H2,(H,18,22). The van der Waals surface area contributed by atoms with Crippen LogP contribution in [0.25, 0.3) is 15.7 Å². The minimum absolute atomic E-state index is 0.110. The number of hydrogen-bond acceptors (Lipinski definition) is 6. The van der Waals surface area contributed by atoms with Gasteiger partial charge in [0.2, 0.25) is 5.95 Å². The quantitative estimate of drug-likeness (QED) is 0.735. The van der Waals surface area contributed by atoms with Crippen LogP contribution >= 0.6 is 0 Å². The van der Waals surface area contributed by atoms with Gasteiger partial charge in [0, 0.05) is 32.4 Å². The maximum absolute atomic E-state index is 11.7. The van der Waals surface area contributed by atoms with Crippen molar-refractivity contribution in [3.05, 3.63) is 34.2 Å². The third-order valence-electron chi connectivity index (χ3n) is 3.53. The average molecular weight is 299 g/mol. The SMILES string of the molecule is [C-]#[N+]CC(=O)N1CCN(c2ncc3c(=O)[nH]ncc3n2)CC1. The van der Waals surface area contributed by atoms with Crippen molar-refractivity contribution in [1.82, 2.24) is 25.1 Å². The fourth-order valence-corrected chi connectivity index (χ4v) is 2.35. The van der Waals surface area contributed by atoms with Crippen molar-refractivity contribution in [2.75, 3.05) is 37.6 Å². The van der Waals surface area contributed by atoms with Crippen LogP contribution in [0.1, 0.15) is 0 Å². The van der Waals surface area contributed by atoms with Crippen molar-refractivity contribution in [1.29, 1.82) is 0 Å². The Labute approximate surface area is 125 Å². The van der Waals surface area contributed by atoms with Crippen molar-refractivity contribution in [2.24, 2.45) is 0 Å². The Bertz CT molecular complexity index is 802. The van der Waals surface area contributed by atoms with E-state index in [2.05, 4.69) is 25.0 Å². The topological polar surface area (TPSA) is 99.4 Å². The molecule has 1 fully saturated rings. The second-order valence-corrected chi connectivity index (χ2v) is 4.85. The second kappa shape index (κ2) is 5.77. The zero-order chi connectivity index (χ0) is 15.5. The van der Waals surface area contributed by atoms with Gasteiger partial charge in [-0.25, -0.2) is 21.6 Å². The molecule has 2 aromatic rings. The van der Waals surface area contributed by atoms with Gasteiger partial charge in [-0.3, -0.25) is 9.59 Å². The summed E-state index contributed by atoms with van der Waals surface area (Å²) in [5.74, 6) is 0.363. The molecule has 0 spiro atoms. The van der Waals surface area contributed by atoms with Crippen LogP contribution in [0, 0.1) is 6.57 Å². The van der Waals surface area contributed by atoms with Gasteiger partial charge in [0.1, 0.15) is 5.52 Å². The number of aromatic amines is 1. The summed E-state index contributed by atoms with van der Waals surface area (Å²) in [6.07, 6.45) is 2.96. The summed E-state index contributed by atoms with van der Waals surface area (Å²) in [7, 11) is 0. The molecule has 0 radical (unpaired) electrons. The van der Waals surface area contributed by atoms with Gasteiger partial charge in [-0.15, -0.1) is 0 Å². The van der Waals surface area contributed by atoms with E-state index in [1.807, 2.05) is 4.90 Å². The Kier molecular flexibility index (Phi) is 3.65. The number of nitrogens with zero attached hydrogens (tertiary/aromatic N) is 6. The average Bonchev–Trinajstić information content (AvgIpc) is 2.55. The Morgan fingerprint density at radius 1 is 1.32 bits per heavy atom. The molecule has 0 atom stereocenters. The minimum atomic E-state index is -0.321. The van der Waals surface area contributed by atoms with Crippen LogP contribution < -0.4 is 10.5 Å². The zero-order valence-electron chi connectivity index (χ0n) is 11.7. The fourth-order valence-electron chi connectivity index (χ4n) is 2.35. The van der Waals surface area contributed by atoms with Crippen molar-refractivity contribution in [3.63, 3.8) is 0 Å². The van der Waals surface area contributed by atoms with Gasteiger partial charge in [-0.1, -0.05) is 0 Å². The third-order valence-corrected chi connectivity index (χ3v) is 3.53. The third kappa shape index (κ3) is 2.58. The number of rotatable bonds is 2. The number of fused-ring (bicyclic) bond motifs is 1. The first-order valence-electron chi connectivity index (χ1n) is 6.75. The summed E-state index contributed by atoms with van der Waals surface area (Å²) in [6.45, 7) is 8.86. The summed E-state index contributed by atoms with van der Waals surface area (Å²) in [5, 5.41) is 6.46. The van der Waals surface area contributed by atoms with Gasteiger partial charge < -0.3 is 14.6 Å². The van der Waals surface area contributed by atoms with Crippen LogP contribution in [-0.4, -0.2) is 63.7 Å². The molecule has 0 unspecified atom stereocenters. The Hall–Kier alpha value is -3.02. The number of nitrogens with one attached hydrogen (secondary N) is 1. The summed E-state index contributed by atoms with van der Waals surface area (Å²) in [6, 6.07) is 0. The lowest BCUT2D eigenvalue weighted by Crippen LogP contribution is -2.49. The first kappa shape index (κ1) is 13.9. The molecule has 0 aromatic carbocycles. The molecule has 9 heteroatoms. The van der Waals surface area contributed by atoms with Gasteiger partial charge in [0.05, 0.1) is 11.6 Å². The molecule has 0 aliphatic carbocycles. The lowest BCUT2D eigenvalue weighted by Gasteiger charge is -2.33. The van der Waals surface area contributed by atoms with Gasteiger partial charge in [0.15, 0.2) is 0 Å². The number of aromatic nitrogens is 4. The molecule has 1 saturated heterocycles. The summed E-state index contributed by atoms with van der Waals surface area (Å²) >= 11 is 0. The number of H-pyrrole nitrogens is 1. The number of piperazine rings is 1. The van der Waals surface area contributed by atoms with E-state index in [9.17, 15) is 9.59 Å². The molecule has 9 nitrogen and oxygen atoms in total. The van der Waals surface area contributed by atoms with E-state index in [0.29, 0.717) is 43.0 Å². The molecular formula is C13H13N7O2. The Morgan fingerprint density at radius 2 is 2.09 bits per heavy atom. The molecule has 3 rings (SSSR count). The molecule has 1 amide bonds. The van der Waals surface area contributed by atoms with Crippen molar-refractivity contribution >= 4 is 22.8 Å². The zero-order valence-corrected chi connectivity index (χ0v) is 11.7. The summed E-state index contributed by atoms with van der Waals surface area (Å²) in [5.41, 5.74) is 0.166. The van der Waals surface area contributed by atoms with E-state index in [1.54, 1.807) is 4.90 Å². The minimum Gasteiger partial charge on any atom is -0.337 e. The predicted molar refractivity (Wildman–Crippen MR) is 78.2 cm³/mol. The monoisotopic (exact) mass is 299 g/mol. The highest BCUT2D eigenvalue weighted by atomic mass is 16.2. The number of anilines is 1. The lowest BCUT2D eigenvalue weighted by molar-refractivity contribution is -0.129. The smallest absolute Gasteiger partial charge is 0.302 e. The van der Waals surface area contributed by atoms with Crippen LogP contribution in [-0.2, 0) is 4.79 Å². The van der Waals surface area contributed by atoms with Crippen molar-refractivity contribution in [3.8, 4) is 0 Å². The van der Waals surface area contributed by atoms with E-state index in [0.717, 1.165) is 0 Å². The highest BCUT2D eigenvalue weighted by Gasteiger charge is 2.23. The van der Waals surface area contributed by atoms with E-state index in [-0.39, 0.29) is 18.0 Å². The molecule has 22 heavy (non-hydrogen) atoms. The number of carbonyl (C=O) groups is 1. The van der Waals surface area contributed by atoms with Crippen LogP contribution in [0.4, 0.5) is 5.95 Å². The maximum Gasteiger partial charge on any atom is 0.302 e. The summed E-state index contributed by atoms with van der Waals surface area (Å²) < 4.78 is 0. The highest BCUT2D eigenvalue weighted by Crippen LogP contribution is 2.13. The Morgan fingerprint density at radius 3 is 2.82 bits per heavy atom. The molecule has 2 aromatic heterocycles. The van der Waals surface area contributed by atoms with Crippen LogP contribution in [0.3, 0.4) is 0 Å². The number of hydrogen-bond donors (Lipinski definition) is 1. The predicted octanol–water partition coefficient (Wildman–Crippen LogP) is -0.719. The first-order valence-corrected chi connectivity index (χ1v) is 6.75. The second-order valence-electron chi connectivity index (χ2n) is 4.85. The van der Waals surface area contributed by atoms with Gasteiger partial charge in [0.25, 0.3) is 12.1 Å². The largest absolute Gasteiger partial charge is 0.337 e. The van der Waals surface area contributed by atoms with Crippen LogP contribution in [0.5, 0.6) is 0 Å². The van der Waals surface area contributed by atoms with Gasteiger partial charge in [-0.2, -0.15) is 5.10 Å². The van der Waals surface area contributed by atoms with Crippen LogP contribution in [0.2, 0.25) is 0 Å². The molecule has 0 saturated carbocycles. The van der Waals surface area contributed by atoms with Gasteiger partial charge in [-0.05, 0) is 0 Å². The van der Waals surface area contributed by atoms with E-state index < -0.39 is 0 Å². The Balaban J connectivity index is 1.75. The molecule has 3 heterocycles. The normalized spacial score (nSPS) is 14.9. The molecule has 0 bridgehead atoms. The number of carbonyl (C=O) groups excluding carboxylic acids is 1. The highest BCUT2D eigenvalue weighted by molar-refractivity contribution is 5.80. The number of amides is 1. The van der Waals surface area contributed by atoms with Crippen molar-refractivity contribution in [2.45, 2.75) is 0 Å². The lowest BCUT2D eigenvalue weighted by atomic mass is 10.3. The van der Waals surface area contributed by atoms with Crippen molar-refractivity contribution < 1.29 is 4.79 Å². The van der Waals surface area contributed by atoms with Crippen LogP contribution in [0.15, 0.2) is 17.2 Å². The molecule has 1 aliphatic heterocycles. The fraction of sp³-hybridized carbons (Fsp3) is 0.385. The molecule has 1 N–H and O–H groups in total. The molecule has 1 aliphatic rings. The molecular weight excluding hydrogens is 286 g/mol. The molecule has 112 valence electrons. The van der Waals surface area contributed by atoms with Gasteiger partial charge >= 0.3 is 5.91 Å². The first-order chi connectivity index (χ1) is 10.7. The van der Waals surface area contributed by atoms with E-state index in [4.69, 9.17) is 6.57 Å².